The largest absolute Gasteiger partial charge is 0.450 e. The highest BCUT2D eigenvalue weighted by atomic mass is 35.5. The molecule has 31 heavy (non-hydrogen) atoms. The van der Waals surface area contributed by atoms with Gasteiger partial charge in [-0.05, 0) is 67.5 Å². The number of likely N-dealkylation sites (tertiary alicyclic amines) is 1. The monoisotopic (exact) mass is 444 g/mol. The Morgan fingerprint density at radius 3 is 2.52 bits per heavy atom. The van der Waals surface area contributed by atoms with Gasteiger partial charge in [0.05, 0.1) is 17.4 Å². The van der Waals surface area contributed by atoms with E-state index in [1.807, 2.05) is 25.3 Å². The van der Waals surface area contributed by atoms with E-state index in [9.17, 15) is 4.79 Å². The molecule has 2 aliphatic rings. The maximum Gasteiger partial charge on any atom is 0.409 e. The Hall–Kier alpha value is -3.13. The van der Waals surface area contributed by atoms with Crippen molar-refractivity contribution in [3.05, 3.63) is 84.8 Å². The van der Waals surface area contributed by atoms with Crippen molar-refractivity contribution in [1.29, 1.82) is 0 Å². The van der Waals surface area contributed by atoms with Gasteiger partial charge in [0.1, 0.15) is 0 Å². The number of fused-ring (bicyclic) bond motifs is 2. The van der Waals surface area contributed by atoms with Gasteiger partial charge in [0.2, 0.25) is 0 Å². The maximum absolute atomic E-state index is 12.0. The molecule has 1 aromatic heterocycles. The second-order valence-corrected chi connectivity index (χ2v) is 7.64. The molecule has 8 nitrogen and oxygen atoms in total. The number of piperidine rings is 1. The summed E-state index contributed by atoms with van der Waals surface area (Å²) in [5.74, 6) is 0. The second-order valence-electron chi connectivity index (χ2n) is 7.20. The van der Waals surface area contributed by atoms with Crippen LogP contribution in [0.1, 0.15) is 42.1 Å². The van der Waals surface area contributed by atoms with E-state index in [2.05, 4.69) is 18.2 Å². The van der Waals surface area contributed by atoms with Crippen molar-refractivity contribution in [3.8, 4) is 0 Å². The molecule has 0 radical (unpaired) electrons. The van der Waals surface area contributed by atoms with E-state index in [1.54, 1.807) is 4.90 Å². The van der Waals surface area contributed by atoms with Crippen molar-refractivity contribution in [1.82, 2.24) is 9.88 Å². The van der Waals surface area contributed by atoms with Crippen LogP contribution in [0, 0.1) is 15.3 Å². The minimum absolute atomic E-state index is 0.215. The topological polar surface area (TPSA) is 109 Å². The van der Waals surface area contributed by atoms with Crippen LogP contribution in [0.25, 0.3) is 5.57 Å². The van der Waals surface area contributed by atoms with E-state index in [0.29, 0.717) is 19.7 Å². The predicted molar refractivity (Wildman–Crippen MR) is 117 cm³/mol. The number of hydrogen-bond donors (Lipinski definition) is 0. The number of carbonyl (C=O) groups excluding carboxylic acids is 1. The summed E-state index contributed by atoms with van der Waals surface area (Å²) in [4.78, 5) is 26.8. The standard InChI is InChI=1S/C22H23ClN2O2.NO3/c1-2-27-22(26)25-12-9-15(10-13-25)20-19-8-7-18(23)14-17(19)6-5-16-4-3-11-24-21(16)20;2-1(3)4/h3-4,7-8,11,14H,2,5-6,9-10,12-13H2,1H3;/q;-1. The molecule has 1 saturated heterocycles. The first kappa shape index (κ1) is 22.6. The number of benzene rings is 1. The fourth-order valence-corrected chi connectivity index (χ4v) is 4.25. The molecule has 0 atom stereocenters. The lowest BCUT2D eigenvalue weighted by molar-refractivity contribution is -0.402. The van der Waals surface area contributed by atoms with Crippen LogP contribution < -0.4 is 0 Å². The van der Waals surface area contributed by atoms with E-state index in [0.717, 1.165) is 36.4 Å². The van der Waals surface area contributed by atoms with E-state index in [4.69, 9.17) is 36.6 Å². The molecule has 9 heteroatoms. The number of rotatable bonds is 1. The highest BCUT2D eigenvalue weighted by Crippen LogP contribution is 2.38. The van der Waals surface area contributed by atoms with E-state index in [-0.39, 0.29) is 6.09 Å². The van der Waals surface area contributed by atoms with Gasteiger partial charge in [0, 0.05) is 29.9 Å². The smallest absolute Gasteiger partial charge is 0.409 e. The summed E-state index contributed by atoms with van der Waals surface area (Å²) in [6, 6.07) is 10.3. The lowest BCUT2D eigenvalue weighted by Gasteiger charge is -2.29. The number of aromatic nitrogens is 1. The lowest BCUT2D eigenvalue weighted by Crippen LogP contribution is -2.37. The van der Waals surface area contributed by atoms with Crippen LogP contribution in [0.4, 0.5) is 4.79 Å². The number of pyridine rings is 1. The summed E-state index contributed by atoms with van der Waals surface area (Å²) < 4.78 is 5.15. The summed E-state index contributed by atoms with van der Waals surface area (Å²) in [6.07, 6.45) is 5.25. The molecule has 1 aliphatic carbocycles. The molecule has 164 valence electrons. The van der Waals surface area contributed by atoms with Crippen molar-refractivity contribution in [2.45, 2.75) is 32.6 Å². The molecule has 0 unspecified atom stereocenters. The van der Waals surface area contributed by atoms with E-state index >= 15 is 0 Å². The second kappa shape index (κ2) is 10.3. The molecular formula is C22H23ClN3O5-. The summed E-state index contributed by atoms with van der Waals surface area (Å²) >= 11 is 6.27. The average molecular weight is 445 g/mol. The van der Waals surface area contributed by atoms with Gasteiger partial charge in [-0.25, -0.2) is 4.79 Å². The van der Waals surface area contributed by atoms with Crippen molar-refractivity contribution in [3.63, 3.8) is 0 Å². The van der Waals surface area contributed by atoms with Gasteiger partial charge in [0.15, 0.2) is 0 Å². The number of ether oxygens (including phenoxy) is 1. The van der Waals surface area contributed by atoms with E-state index < -0.39 is 5.09 Å². The molecule has 0 N–H and O–H groups in total. The quantitative estimate of drug-likeness (QED) is 0.468. The van der Waals surface area contributed by atoms with Crippen LogP contribution in [0.15, 0.2) is 42.1 Å². The summed E-state index contributed by atoms with van der Waals surface area (Å²) in [6.45, 7) is 3.62. The number of halogens is 1. The first-order valence-corrected chi connectivity index (χ1v) is 10.5. The number of carbonyl (C=O) groups is 1. The minimum atomic E-state index is -1.75. The normalized spacial score (nSPS) is 15.1. The van der Waals surface area contributed by atoms with Crippen LogP contribution in [0.3, 0.4) is 0 Å². The Morgan fingerprint density at radius 1 is 1.16 bits per heavy atom. The average Bonchev–Trinajstić information content (AvgIpc) is 2.90. The van der Waals surface area contributed by atoms with Crippen molar-refractivity contribution >= 4 is 23.3 Å². The third kappa shape index (κ3) is 5.52. The van der Waals surface area contributed by atoms with Crippen LogP contribution in [-0.4, -0.2) is 40.8 Å². The van der Waals surface area contributed by atoms with Gasteiger partial charge in [-0.1, -0.05) is 29.3 Å². The molecular weight excluding hydrogens is 422 g/mol. The molecule has 1 aliphatic heterocycles. The SMILES string of the molecule is CCOC(=O)N1CCC(=C2c3ccc(Cl)cc3CCc3cccnc32)CC1.O=[N+]([O-])[O-]. The highest BCUT2D eigenvalue weighted by Gasteiger charge is 2.26. The molecule has 4 rings (SSSR count). The van der Waals surface area contributed by atoms with Crippen LogP contribution >= 0.6 is 11.6 Å². The van der Waals surface area contributed by atoms with Crippen molar-refractivity contribution in [2.24, 2.45) is 0 Å². The molecule has 1 amide bonds. The predicted octanol–water partition coefficient (Wildman–Crippen LogP) is 4.65. The zero-order chi connectivity index (χ0) is 22.4. The highest BCUT2D eigenvalue weighted by molar-refractivity contribution is 6.30. The van der Waals surface area contributed by atoms with Gasteiger partial charge in [-0.3, -0.25) is 4.98 Å². The maximum atomic E-state index is 12.0. The first-order valence-electron chi connectivity index (χ1n) is 10.1. The zero-order valence-electron chi connectivity index (χ0n) is 17.2. The molecule has 0 saturated carbocycles. The molecule has 0 bridgehead atoms. The van der Waals surface area contributed by atoms with Crippen molar-refractivity contribution in [2.75, 3.05) is 19.7 Å². The third-order valence-corrected chi connectivity index (χ3v) is 5.61. The molecule has 0 spiro atoms. The summed E-state index contributed by atoms with van der Waals surface area (Å²) in [7, 11) is 0. The fourth-order valence-electron chi connectivity index (χ4n) is 4.06. The van der Waals surface area contributed by atoms with Crippen LogP contribution in [-0.2, 0) is 17.6 Å². The van der Waals surface area contributed by atoms with Crippen LogP contribution in [0.5, 0.6) is 0 Å². The number of hydrogen-bond acceptors (Lipinski definition) is 6. The zero-order valence-corrected chi connectivity index (χ0v) is 17.9. The molecule has 1 aromatic carbocycles. The summed E-state index contributed by atoms with van der Waals surface area (Å²) in [5, 5.41) is 15.5. The Kier molecular flexibility index (Phi) is 7.46. The molecule has 1 fully saturated rings. The van der Waals surface area contributed by atoms with E-state index in [1.165, 1.54) is 27.8 Å². The molecule has 2 heterocycles. The third-order valence-electron chi connectivity index (χ3n) is 5.37. The van der Waals surface area contributed by atoms with Crippen molar-refractivity contribution < 1.29 is 14.6 Å². The Bertz CT molecular complexity index is 994. The van der Waals surface area contributed by atoms with Crippen LogP contribution in [0.2, 0.25) is 5.02 Å². The first-order chi connectivity index (χ1) is 14.9. The number of nitrogens with zero attached hydrogens (tertiary/aromatic N) is 3. The van der Waals surface area contributed by atoms with Gasteiger partial charge in [0.25, 0.3) is 0 Å². The minimum Gasteiger partial charge on any atom is -0.450 e. The lowest BCUT2D eigenvalue weighted by atomic mass is 9.88. The summed E-state index contributed by atoms with van der Waals surface area (Å²) in [5.41, 5.74) is 7.46. The Labute approximate surface area is 185 Å². The van der Waals surface area contributed by atoms with Gasteiger partial charge < -0.3 is 25.0 Å². The fraction of sp³-hybridized carbons (Fsp3) is 0.364. The number of aryl methyl sites for hydroxylation is 2. The Morgan fingerprint density at radius 2 is 1.84 bits per heavy atom. The van der Waals surface area contributed by atoms with Gasteiger partial charge in [-0.15, -0.1) is 0 Å². The van der Waals surface area contributed by atoms with Gasteiger partial charge >= 0.3 is 6.09 Å². The molecule has 2 aromatic rings. The number of amides is 1. The van der Waals surface area contributed by atoms with Gasteiger partial charge in [-0.2, -0.15) is 0 Å². The Balaban J connectivity index is 0.000000628.